The van der Waals surface area contributed by atoms with Gasteiger partial charge in [-0.2, -0.15) is 5.10 Å². The summed E-state index contributed by atoms with van der Waals surface area (Å²) in [5.41, 5.74) is 5.39. The average Bonchev–Trinajstić information content (AvgIpc) is 2.75. The number of rotatable bonds is 4. The predicted molar refractivity (Wildman–Crippen MR) is 70.2 cm³/mol. The maximum absolute atomic E-state index is 13.7. The summed E-state index contributed by atoms with van der Waals surface area (Å²) in [7, 11) is 1.45. The molecule has 1 heterocycles. The molecule has 2 rings (SSSR count). The van der Waals surface area contributed by atoms with E-state index in [1.165, 1.54) is 17.8 Å². The maximum Gasteiger partial charge on any atom is 0.227 e. The van der Waals surface area contributed by atoms with E-state index in [-0.39, 0.29) is 17.7 Å². The number of hydrogen-bond acceptors (Lipinski definition) is 2. The molecule has 8 heteroatoms. The van der Waals surface area contributed by atoms with Crippen LogP contribution in [-0.4, -0.2) is 15.7 Å². The highest BCUT2D eigenvalue weighted by molar-refractivity contribution is 6.31. The zero-order valence-electron chi connectivity index (χ0n) is 10.9. The van der Waals surface area contributed by atoms with Crippen molar-refractivity contribution >= 4 is 17.5 Å². The lowest BCUT2D eigenvalue weighted by molar-refractivity contribution is -0.119. The molecule has 0 aliphatic carbocycles. The number of carbonyl (C=O) groups excluding carboxylic acids is 1. The van der Waals surface area contributed by atoms with Crippen LogP contribution in [0.25, 0.3) is 0 Å². The van der Waals surface area contributed by atoms with Crippen LogP contribution >= 0.6 is 11.6 Å². The molecule has 0 spiro atoms. The van der Waals surface area contributed by atoms with Crippen LogP contribution < -0.4 is 5.73 Å². The molecule has 1 unspecified atom stereocenters. The van der Waals surface area contributed by atoms with Gasteiger partial charge in [0, 0.05) is 7.05 Å². The van der Waals surface area contributed by atoms with Crippen molar-refractivity contribution < 1.29 is 18.0 Å². The van der Waals surface area contributed by atoms with Crippen molar-refractivity contribution in [1.29, 1.82) is 0 Å². The van der Waals surface area contributed by atoms with Gasteiger partial charge in [-0.1, -0.05) is 17.7 Å². The van der Waals surface area contributed by atoms with Crippen LogP contribution in [0.1, 0.15) is 17.2 Å². The Morgan fingerprint density at radius 3 is 2.57 bits per heavy atom. The highest BCUT2D eigenvalue weighted by Crippen LogP contribution is 2.29. The molecule has 2 N–H and O–H groups in total. The largest absolute Gasteiger partial charge is 0.369 e. The summed E-state index contributed by atoms with van der Waals surface area (Å²) in [4.78, 5) is 11.6. The van der Waals surface area contributed by atoms with Gasteiger partial charge in [-0.3, -0.25) is 9.48 Å². The fraction of sp³-hybridized carbons (Fsp3) is 0.231. The molecule has 1 amide bonds. The maximum atomic E-state index is 13.7. The molecule has 0 bridgehead atoms. The first kappa shape index (κ1) is 15.4. The molecule has 0 aliphatic heterocycles. The topological polar surface area (TPSA) is 60.9 Å². The molecule has 0 saturated carbocycles. The minimum atomic E-state index is -1.22. The third kappa shape index (κ3) is 2.87. The van der Waals surface area contributed by atoms with Gasteiger partial charge in [-0.15, -0.1) is 0 Å². The van der Waals surface area contributed by atoms with Crippen LogP contribution in [0.15, 0.2) is 18.3 Å². The van der Waals surface area contributed by atoms with Crippen LogP contribution in [0.5, 0.6) is 0 Å². The molecule has 0 aliphatic rings. The second-order valence-electron chi connectivity index (χ2n) is 4.49. The van der Waals surface area contributed by atoms with Crippen LogP contribution in [0, 0.1) is 17.5 Å². The first-order valence-corrected chi connectivity index (χ1v) is 6.29. The number of nitrogens with two attached hydrogens (primary N) is 1. The van der Waals surface area contributed by atoms with Crippen molar-refractivity contribution in [2.45, 2.75) is 12.3 Å². The van der Waals surface area contributed by atoms with Gasteiger partial charge < -0.3 is 5.73 Å². The van der Waals surface area contributed by atoms with Crippen LogP contribution in [0.3, 0.4) is 0 Å². The van der Waals surface area contributed by atoms with Gasteiger partial charge in [-0.05, 0) is 18.1 Å². The molecule has 0 radical (unpaired) electrons. The van der Waals surface area contributed by atoms with E-state index in [0.29, 0.717) is 0 Å². The van der Waals surface area contributed by atoms with Gasteiger partial charge in [0.05, 0.1) is 22.8 Å². The van der Waals surface area contributed by atoms with E-state index in [9.17, 15) is 18.0 Å². The molecular formula is C13H11ClF3N3O. The molecule has 21 heavy (non-hydrogen) atoms. The summed E-state index contributed by atoms with van der Waals surface area (Å²) >= 11 is 5.70. The lowest BCUT2D eigenvalue weighted by Crippen LogP contribution is -2.26. The van der Waals surface area contributed by atoms with Crippen LogP contribution in [0.4, 0.5) is 13.2 Å². The smallest absolute Gasteiger partial charge is 0.227 e. The first-order chi connectivity index (χ1) is 9.82. The number of amides is 1. The van der Waals surface area contributed by atoms with Crippen molar-refractivity contribution in [2.75, 3.05) is 0 Å². The Labute approximate surface area is 123 Å². The van der Waals surface area contributed by atoms with E-state index in [0.717, 1.165) is 12.3 Å². The summed E-state index contributed by atoms with van der Waals surface area (Å²) in [6, 6.07) is 2.11. The Morgan fingerprint density at radius 2 is 2.05 bits per heavy atom. The number of hydrogen-bond donors (Lipinski definition) is 1. The third-order valence-corrected chi connectivity index (χ3v) is 3.56. The Kier molecular flexibility index (Phi) is 4.22. The molecule has 112 valence electrons. The summed E-state index contributed by atoms with van der Waals surface area (Å²) < 4.78 is 41.3. The molecule has 4 nitrogen and oxygen atoms in total. The van der Waals surface area contributed by atoms with Gasteiger partial charge >= 0.3 is 0 Å². The predicted octanol–water partition coefficient (Wildman–Crippen LogP) is 2.30. The van der Waals surface area contributed by atoms with Crippen LogP contribution in [0.2, 0.25) is 5.02 Å². The number of carbonyl (C=O) groups is 1. The van der Waals surface area contributed by atoms with Crippen molar-refractivity contribution in [3.8, 4) is 0 Å². The summed E-state index contributed by atoms with van der Waals surface area (Å²) in [5, 5.41) is 3.23. The summed E-state index contributed by atoms with van der Waals surface area (Å²) in [5.74, 6) is -4.95. The summed E-state index contributed by atoms with van der Waals surface area (Å²) in [6.45, 7) is 0. The quantitative estimate of drug-likeness (QED) is 0.880. The molecule has 1 aromatic carbocycles. The minimum Gasteiger partial charge on any atom is -0.369 e. The molecular weight excluding hydrogens is 307 g/mol. The molecule has 0 saturated heterocycles. The van der Waals surface area contributed by atoms with E-state index in [2.05, 4.69) is 5.10 Å². The highest BCUT2D eigenvalue weighted by Gasteiger charge is 2.27. The minimum absolute atomic E-state index is 0.0386. The van der Waals surface area contributed by atoms with Gasteiger partial charge in [0.1, 0.15) is 0 Å². The monoisotopic (exact) mass is 317 g/mol. The normalized spacial score (nSPS) is 12.4. The zero-order chi connectivity index (χ0) is 15.7. The average molecular weight is 318 g/mol. The number of aryl methyl sites for hydroxylation is 1. The van der Waals surface area contributed by atoms with Gasteiger partial charge in [0.2, 0.25) is 5.91 Å². The van der Waals surface area contributed by atoms with Crippen molar-refractivity contribution in [3.63, 3.8) is 0 Å². The van der Waals surface area contributed by atoms with Gasteiger partial charge in [0.25, 0.3) is 0 Å². The van der Waals surface area contributed by atoms with E-state index < -0.39 is 34.3 Å². The number of primary amides is 1. The summed E-state index contributed by atoms with van der Waals surface area (Å²) in [6.07, 6.45) is 0.778. The SMILES string of the molecule is Cn1ncc(F)c1C(Cc1ccc(F)c(F)c1Cl)C(N)=O. The van der Waals surface area contributed by atoms with Crippen molar-refractivity contribution in [1.82, 2.24) is 9.78 Å². The van der Waals surface area contributed by atoms with Crippen molar-refractivity contribution in [2.24, 2.45) is 12.8 Å². The number of aromatic nitrogens is 2. The number of benzene rings is 1. The Morgan fingerprint density at radius 1 is 1.38 bits per heavy atom. The zero-order valence-corrected chi connectivity index (χ0v) is 11.7. The lowest BCUT2D eigenvalue weighted by atomic mass is 9.95. The first-order valence-electron chi connectivity index (χ1n) is 5.92. The lowest BCUT2D eigenvalue weighted by Gasteiger charge is -2.15. The Hall–Kier alpha value is -2.02. The third-order valence-electron chi connectivity index (χ3n) is 3.15. The molecule has 0 fully saturated rings. The number of halogens is 4. The highest BCUT2D eigenvalue weighted by atomic mass is 35.5. The second-order valence-corrected chi connectivity index (χ2v) is 4.87. The van der Waals surface area contributed by atoms with Crippen molar-refractivity contribution in [3.05, 3.63) is 52.1 Å². The molecule has 1 aromatic heterocycles. The number of nitrogens with zero attached hydrogens (tertiary/aromatic N) is 2. The second kappa shape index (κ2) is 5.77. The molecule has 2 aromatic rings. The van der Waals surface area contributed by atoms with E-state index >= 15 is 0 Å². The van der Waals surface area contributed by atoms with Gasteiger partial charge in [-0.25, -0.2) is 13.2 Å². The van der Waals surface area contributed by atoms with Gasteiger partial charge in [0.15, 0.2) is 17.5 Å². The fourth-order valence-corrected chi connectivity index (χ4v) is 2.32. The Balaban J connectivity index is 2.43. The van der Waals surface area contributed by atoms with E-state index in [1.807, 2.05) is 0 Å². The van der Waals surface area contributed by atoms with Crippen LogP contribution in [-0.2, 0) is 18.3 Å². The standard InChI is InChI=1S/C13H11ClF3N3O/c1-20-12(9(16)5-19-20)7(13(18)21)4-6-2-3-8(15)11(17)10(6)14/h2-3,5,7H,4H2,1H3,(H2,18,21). The fourth-order valence-electron chi connectivity index (χ4n) is 2.09. The van der Waals surface area contributed by atoms with E-state index in [1.54, 1.807) is 0 Å². The Bertz CT molecular complexity index is 683. The molecule has 1 atom stereocenters. The van der Waals surface area contributed by atoms with E-state index in [4.69, 9.17) is 17.3 Å².